The van der Waals surface area contributed by atoms with Gasteiger partial charge in [-0.2, -0.15) is 0 Å². The molecule has 8 heteroatoms. The third-order valence-corrected chi connectivity index (χ3v) is 3.57. The van der Waals surface area contributed by atoms with E-state index in [4.69, 9.17) is 10.5 Å². The molecule has 7 nitrogen and oxygen atoms in total. The number of aromatic nitrogens is 2. The minimum absolute atomic E-state index is 0.0577. The summed E-state index contributed by atoms with van der Waals surface area (Å²) in [4.78, 5) is 18.5. The molecule has 0 bridgehead atoms. The molecule has 0 saturated heterocycles. The number of ether oxygens (including phenoxy) is 1. The molecule has 104 valence electrons. The molecule has 0 aliphatic rings. The second-order valence-corrected chi connectivity index (χ2v) is 4.76. The summed E-state index contributed by atoms with van der Waals surface area (Å²) < 4.78 is 4.95. The van der Waals surface area contributed by atoms with Crippen LogP contribution in [0.5, 0.6) is 5.75 Å². The predicted octanol–water partition coefficient (Wildman–Crippen LogP) is 2.27. The van der Waals surface area contributed by atoms with E-state index in [1.807, 2.05) is 0 Å². The van der Waals surface area contributed by atoms with Crippen LogP contribution in [0, 0.1) is 10.1 Å². The Hall–Kier alpha value is -2.35. The third-order valence-electron chi connectivity index (χ3n) is 2.51. The van der Waals surface area contributed by atoms with Gasteiger partial charge >= 0.3 is 5.69 Å². The van der Waals surface area contributed by atoms with Gasteiger partial charge in [-0.15, -0.1) is 0 Å². The van der Waals surface area contributed by atoms with Crippen LogP contribution in [-0.4, -0.2) is 22.0 Å². The Morgan fingerprint density at radius 3 is 2.80 bits per heavy atom. The fourth-order valence-corrected chi connectivity index (χ4v) is 2.39. The van der Waals surface area contributed by atoms with Crippen molar-refractivity contribution in [2.45, 2.75) is 10.8 Å². The van der Waals surface area contributed by atoms with Crippen molar-refractivity contribution in [3.8, 4) is 5.75 Å². The zero-order valence-corrected chi connectivity index (χ0v) is 11.5. The van der Waals surface area contributed by atoms with E-state index in [9.17, 15) is 10.1 Å². The number of nitrogens with two attached hydrogens (primary N) is 1. The zero-order valence-electron chi connectivity index (χ0n) is 10.6. The average molecular weight is 292 g/mol. The van der Waals surface area contributed by atoms with Crippen LogP contribution in [0.2, 0.25) is 0 Å². The summed E-state index contributed by atoms with van der Waals surface area (Å²) in [6.45, 7) is 0. The average Bonchev–Trinajstić information content (AvgIpc) is 2.46. The van der Waals surface area contributed by atoms with Crippen molar-refractivity contribution in [2.75, 3.05) is 12.8 Å². The van der Waals surface area contributed by atoms with Gasteiger partial charge in [-0.25, -0.2) is 9.97 Å². The van der Waals surface area contributed by atoms with Crippen molar-refractivity contribution in [1.29, 1.82) is 0 Å². The maximum absolute atomic E-state index is 10.9. The Bertz CT molecular complexity index is 636. The molecule has 0 fully saturated rings. The molecular formula is C12H12N4O3S. The van der Waals surface area contributed by atoms with Gasteiger partial charge in [-0.3, -0.25) is 10.1 Å². The highest BCUT2D eigenvalue weighted by atomic mass is 32.2. The van der Waals surface area contributed by atoms with Crippen molar-refractivity contribution in [3.05, 3.63) is 46.3 Å². The predicted molar refractivity (Wildman–Crippen MR) is 75.7 cm³/mol. The van der Waals surface area contributed by atoms with Gasteiger partial charge in [0.25, 0.3) is 0 Å². The molecule has 0 saturated carbocycles. The van der Waals surface area contributed by atoms with E-state index < -0.39 is 4.92 Å². The molecule has 20 heavy (non-hydrogen) atoms. The van der Waals surface area contributed by atoms with Gasteiger partial charge < -0.3 is 10.5 Å². The first-order valence-electron chi connectivity index (χ1n) is 5.62. The van der Waals surface area contributed by atoms with E-state index in [-0.39, 0.29) is 11.4 Å². The fraction of sp³-hybridized carbons (Fsp3) is 0.167. The number of methoxy groups -OCH3 is 1. The maximum atomic E-state index is 10.9. The highest BCUT2D eigenvalue weighted by molar-refractivity contribution is 7.98. The lowest BCUT2D eigenvalue weighted by Gasteiger charge is -2.05. The number of rotatable bonds is 5. The SMILES string of the molecule is COc1ccc(CSc2nccnc2N)cc1[N+](=O)[O-]. The molecule has 2 rings (SSSR count). The number of benzene rings is 1. The molecule has 0 spiro atoms. The molecule has 2 N–H and O–H groups in total. The lowest BCUT2D eigenvalue weighted by atomic mass is 10.2. The van der Waals surface area contributed by atoms with Crippen molar-refractivity contribution in [2.24, 2.45) is 0 Å². The quantitative estimate of drug-likeness (QED) is 0.512. The second kappa shape index (κ2) is 6.20. The molecule has 0 amide bonds. The van der Waals surface area contributed by atoms with Crippen molar-refractivity contribution in [1.82, 2.24) is 9.97 Å². The number of hydrogen-bond acceptors (Lipinski definition) is 7. The van der Waals surface area contributed by atoms with Gasteiger partial charge in [0, 0.05) is 24.2 Å². The van der Waals surface area contributed by atoms with Crippen molar-refractivity contribution < 1.29 is 9.66 Å². The van der Waals surface area contributed by atoms with E-state index in [1.54, 1.807) is 18.3 Å². The van der Waals surface area contributed by atoms with Gasteiger partial charge in [-0.05, 0) is 11.6 Å². The first kappa shape index (κ1) is 14.1. The fourth-order valence-electron chi connectivity index (χ4n) is 1.57. The Kier molecular flexibility index (Phi) is 4.36. The summed E-state index contributed by atoms with van der Waals surface area (Å²) in [5.74, 6) is 1.09. The summed E-state index contributed by atoms with van der Waals surface area (Å²) >= 11 is 1.37. The van der Waals surface area contributed by atoms with Crippen LogP contribution in [0.15, 0.2) is 35.6 Å². The number of nitro benzene ring substituents is 1. The van der Waals surface area contributed by atoms with Crippen LogP contribution in [0.1, 0.15) is 5.56 Å². The number of nitro groups is 1. The Balaban J connectivity index is 2.16. The largest absolute Gasteiger partial charge is 0.490 e. The van der Waals surface area contributed by atoms with Crippen LogP contribution in [0.3, 0.4) is 0 Å². The van der Waals surface area contributed by atoms with E-state index in [0.29, 0.717) is 16.6 Å². The summed E-state index contributed by atoms with van der Waals surface area (Å²) in [6.07, 6.45) is 3.06. The van der Waals surface area contributed by atoms with Gasteiger partial charge in [0.15, 0.2) is 11.6 Å². The first-order chi connectivity index (χ1) is 9.61. The van der Waals surface area contributed by atoms with Crippen LogP contribution in [0.25, 0.3) is 0 Å². The Morgan fingerprint density at radius 1 is 1.40 bits per heavy atom. The highest BCUT2D eigenvalue weighted by Gasteiger charge is 2.15. The molecule has 0 aliphatic heterocycles. The minimum Gasteiger partial charge on any atom is -0.490 e. The van der Waals surface area contributed by atoms with E-state index >= 15 is 0 Å². The molecular weight excluding hydrogens is 280 g/mol. The second-order valence-electron chi connectivity index (χ2n) is 3.80. The standard InChI is InChI=1S/C12H12N4O3S/c1-19-10-3-2-8(6-9(10)16(17)18)7-20-12-11(13)14-4-5-15-12/h2-6H,7H2,1H3,(H2,13,14). The van der Waals surface area contributed by atoms with Crippen LogP contribution in [0.4, 0.5) is 11.5 Å². The van der Waals surface area contributed by atoms with Crippen LogP contribution in [-0.2, 0) is 5.75 Å². The van der Waals surface area contributed by atoms with E-state index in [2.05, 4.69) is 9.97 Å². The van der Waals surface area contributed by atoms with Crippen LogP contribution >= 0.6 is 11.8 Å². The smallest absolute Gasteiger partial charge is 0.311 e. The number of anilines is 1. The molecule has 0 radical (unpaired) electrons. The number of nitrogens with zero attached hydrogens (tertiary/aromatic N) is 3. The summed E-state index contributed by atoms with van der Waals surface area (Å²) in [7, 11) is 1.40. The topological polar surface area (TPSA) is 104 Å². The van der Waals surface area contributed by atoms with Gasteiger partial charge in [0.2, 0.25) is 0 Å². The molecule has 1 aromatic heterocycles. The van der Waals surface area contributed by atoms with E-state index in [1.165, 1.54) is 31.1 Å². The van der Waals surface area contributed by atoms with Crippen molar-refractivity contribution >= 4 is 23.3 Å². The monoisotopic (exact) mass is 292 g/mol. The molecule has 0 aliphatic carbocycles. The highest BCUT2D eigenvalue weighted by Crippen LogP contribution is 2.31. The van der Waals surface area contributed by atoms with Gasteiger partial charge in [0.05, 0.1) is 12.0 Å². The Labute approximate surface area is 119 Å². The number of hydrogen-bond donors (Lipinski definition) is 1. The third kappa shape index (κ3) is 3.15. The maximum Gasteiger partial charge on any atom is 0.311 e. The van der Waals surface area contributed by atoms with Crippen molar-refractivity contribution in [3.63, 3.8) is 0 Å². The lowest BCUT2D eigenvalue weighted by Crippen LogP contribution is -1.96. The lowest BCUT2D eigenvalue weighted by molar-refractivity contribution is -0.385. The molecule has 1 heterocycles. The molecule has 0 atom stereocenters. The zero-order chi connectivity index (χ0) is 14.5. The van der Waals surface area contributed by atoms with Crippen LogP contribution < -0.4 is 10.5 Å². The molecule has 2 aromatic rings. The van der Waals surface area contributed by atoms with Gasteiger partial charge in [-0.1, -0.05) is 17.8 Å². The number of thioether (sulfide) groups is 1. The number of nitrogen functional groups attached to an aromatic ring is 1. The Morgan fingerprint density at radius 2 is 2.15 bits per heavy atom. The minimum atomic E-state index is -0.469. The normalized spacial score (nSPS) is 10.2. The first-order valence-corrected chi connectivity index (χ1v) is 6.61. The molecule has 1 aromatic carbocycles. The van der Waals surface area contributed by atoms with E-state index in [0.717, 1.165) is 5.56 Å². The summed E-state index contributed by atoms with van der Waals surface area (Å²) in [5.41, 5.74) is 6.41. The van der Waals surface area contributed by atoms with Gasteiger partial charge in [0.1, 0.15) is 5.03 Å². The summed E-state index contributed by atoms with van der Waals surface area (Å²) in [6, 6.07) is 4.83. The summed E-state index contributed by atoms with van der Waals surface area (Å²) in [5, 5.41) is 11.5. The molecule has 0 unspecified atom stereocenters.